The van der Waals surface area contributed by atoms with E-state index in [0.29, 0.717) is 18.7 Å². The molecule has 0 bridgehead atoms. The second-order valence-corrected chi connectivity index (χ2v) is 5.87. The molecule has 1 unspecified atom stereocenters. The number of hydrogen-bond acceptors (Lipinski definition) is 4. The Morgan fingerprint density at radius 1 is 1.45 bits per heavy atom. The summed E-state index contributed by atoms with van der Waals surface area (Å²) < 4.78 is 6.87. The highest BCUT2D eigenvalue weighted by molar-refractivity contribution is 5.97. The number of aryl methyl sites for hydroxylation is 1. The highest BCUT2D eigenvalue weighted by atomic mass is 16.6. The van der Waals surface area contributed by atoms with Crippen molar-refractivity contribution < 1.29 is 14.3 Å². The minimum Gasteiger partial charge on any atom is -0.444 e. The van der Waals surface area contributed by atoms with Gasteiger partial charge in [-0.2, -0.15) is 5.10 Å². The largest absolute Gasteiger partial charge is 0.444 e. The first-order valence-corrected chi connectivity index (χ1v) is 6.55. The summed E-state index contributed by atoms with van der Waals surface area (Å²) in [6.45, 7) is 5.94. The SMILES string of the molecule is Cn1cc(NC(=O)C2CCN2C(=O)OC(C)(C)C)cn1. The number of likely N-dealkylation sites (tertiary alicyclic amines) is 1. The molecule has 20 heavy (non-hydrogen) atoms. The Morgan fingerprint density at radius 2 is 2.15 bits per heavy atom. The molecule has 1 saturated heterocycles. The zero-order valence-corrected chi connectivity index (χ0v) is 12.2. The van der Waals surface area contributed by atoms with Crippen LogP contribution in [0, 0.1) is 0 Å². The molecule has 0 spiro atoms. The Bertz CT molecular complexity index is 518. The molecular weight excluding hydrogens is 260 g/mol. The number of rotatable bonds is 2. The average Bonchev–Trinajstić information content (AvgIpc) is 2.58. The summed E-state index contributed by atoms with van der Waals surface area (Å²) in [4.78, 5) is 25.4. The van der Waals surface area contributed by atoms with Crippen LogP contribution in [-0.4, -0.2) is 44.9 Å². The van der Waals surface area contributed by atoms with Gasteiger partial charge < -0.3 is 10.1 Å². The van der Waals surface area contributed by atoms with Crippen LogP contribution in [0.2, 0.25) is 0 Å². The lowest BCUT2D eigenvalue weighted by Gasteiger charge is -2.40. The van der Waals surface area contributed by atoms with Crippen LogP contribution in [0.3, 0.4) is 0 Å². The molecule has 1 atom stereocenters. The second kappa shape index (κ2) is 5.15. The van der Waals surface area contributed by atoms with E-state index in [1.54, 1.807) is 44.9 Å². The molecule has 0 aliphatic carbocycles. The second-order valence-electron chi connectivity index (χ2n) is 5.87. The number of nitrogens with one attached hydrogen (secondary N) is 1. The van der Waals surface area contributed by atoms with Crippen molar-refractivity contribution in [3.8, 4) is 0 Å². The maximum absolute atomic E-state index is 12.1. The third kappa shape index (κ3) is 3.28. The fourth-order valence-electron chi connectivity index (χ4n) is 1.91. The van der Waals surface area contributed by atoms with E-state index in [2.05, 4.69) is 10.4 Å². The molecule has 1 aromatic rings. The van der Waals surface area contributed by atoms with Crippen molar-refractivity contribution in [1.29, 1.82) is 0 Å². The van der Waals surface area contributed by atoms with Gasteiger partial charge in [0.2, 0.25) is 5.91 Å². The minimum absolute atomic E-state index is 0.213. The number of carbonyl (C=O) groups excluding carboxylic acids is 2. The van der Waals surface area contributed by atoms with E-state index in [1.165, 1.54) is 4.90 Å². The summed E-state index contributed by atoms with van der Waals surface area (Å²) in [7, 11) is 1.77. The average molecular weight is 280 g/mol. The van der Waals surface area contributed by atoms with Gasteiger partial charge in [-0.15, -0.1) is 0 Å². The molecule has 7 heteroatoms. The van der Waals surface area contributed by atoms with E-state index < -0.39 is 17.7 Å². The summed E-state index contributed by atoms with van der Waals surface area (Å²) in [5, 5.41) is 6.71. The lowest BCUT2D eigenvalue weighted by molar-refractivity contribution is -0.125. The van der Waals surface area contributed by atoms with Crippen molar-refractivity contribution >= 4 is 17.7 Å². The van der Waals surface area contributed by atoms with Crippen LogP contribution in [-0.2, 0) is 16.6 Å². The normalized spacial score (nSPS) is 18.4. The van der Waals surface area contributed by atoms with Gasteiger partial charge in [-0.1, -0.05) is 0 Å². The van der Waals surface area contributed by atoms with Gasteiger partial charge in [0.25, 0.3) is 0 Å². The number of ether oxygens (including phenoxy) is 1. The number of nitrogens with zero attached hydrogens (tertiary/aromatic N) is 3. The van der Waals surface area contributed by atoms with E-state index in [0.717, 1.165) is 0 Å². The van der Waals surface area contributed by atoms with Crippen LogP contribution < -0.4 is 5.32 Å². The predicted octanol–water partition coefficient (Wildman–Crippen LogP) is 1.37. The van der Waals surface area contributed by atoms with Crippen LogP contribution in [0.5, 0.6) is 0 Å². The minimum atomic E-state index is -0.558. The van der Waals surface area contributed by atoms with Crippen molar-refractivity contribution in [3.05, 3.63) is 12.4 Å². The number of anilines is 1. The van der Waals surface area contributed by atoms with Gasteiger partial charge in [-0.25, -0.2) is 4.79 Å². The molecule has 1 N–H and O–H groups in total. The van der Waals surface area contributed by atoms with E-state index in [4.69, 9.17) is 4.74 Å². The van der Waals surface area contributed by atoms with E-state index in [-0.39, 0.29) is 5.91 Å². The molecule has 1 aliphatic heterocycles. The van der Waals surface area contributed by atoms with Gasteiger partial charge in [0, 0.05) is 19.8 Å². The van der Waals surface area contributed by atoms with Gasteiger partial charge in [-0.05, 0) is 27.2 Å². The summed E-state index contributed by atoms with van der Waals surface area (Å²) >= 11 is 0. The number of amides is 2. The lowest BCUT2D eigenvalue weighted by atomic mass is 10.0. The van der Waals surface area contributed by atoms with Crippen LogP contribution in [0.15, 0.2) is 12.4 Å². The smallest absolute Gasteiger partial charge is 0.410 e. The molecule has 2 heterocycles. The monoisotopic (exact) mass is 280 g/mol. The van der Waals surface area contributed by atoms with Gasteiger partial charge >= 0.3 is 6.09 Å². The van der Waals surface area contributed by atoms with E-state index >= 15 is 0 Å². The quantitative estimate of drug-likeness (QED) is 0.887. The molecule has 2 amide bonds. The Kier molecular flexibility index (Phi) is 3.69. The highest BCUT2D eigenvalue weighted by Crippen LogP contribution is 2.22. The van der Waals surface area contributed by atoms with Gasteiger partial charge in [-0.3, -0.25) is 14.4 Å². The predicted molar refractivity (Wildman–Crippen MR) is 73.2 cm³/mol. The summed E-state index contributed by atoms with van der Waals surface area (Å²) in [6.07, 6.45) is 3.46. The first-order chi connectivity index (χ1) is 9.26. The molecule has 0 radical (unpaired) electrons. The fraction of sp³-hybridized carbons (Fsp3) is 0.615. The first kappa shape index (κ1) is 14.4. The van der Waals surface area contributed by atoms with Gasteiger partial charge in [0.05, 0.1) is 11.9 Å². The van der Waals surface area contributed by atoms with Gasteiger partial charge in [0.15, 0.2) is 0 Å². The molecule has 0 aromatic carbocycles. The first-order valence-electron chi connectivity index (χ1n) is 6.55. The van der Waals surface area contributed by atoms with Crippen LogP contribution >= 0.6 is 0 Å². The van der Waals surface area contributed by atoms with E-state index in [9.17, 15) is 9.59 Å². The maximum atomic E-state index is 12.1. The highest BCUT2D eigenvalue weighted by Gasteiger charge is 2.39. The standard InChI is InChI=1S/C13H20N4O3/c1-13(2,3)20-12(19)17-6-5-10(17)11(18)15-9-7-14-16(4)8-9/h7-8,10H,5-6H2,1-4H3,(H,15,18). The zero-order chi connectivity index (χ0) is 14.9. The van der Waals surface area contributed by atoms with Crippen LogP contribution in [0.1, 0.15) is 27.2 Å². The summed E-state index contributed by atoms with van der Waals surface area (Å²) in [5.41, 5.74) is 0.0605. The van der Waals surface area contributed by atoms with E-state index in [1.807, 2.05) is 0 Å². The topological polar surface area (TPSA) is 76.5 Å². The lowest BCUT2D eigenvalue weighted by Crippen LogP contribution is -2.57. The number of carbonyl (C=O) groups is 2. The maximum Gasteiger partial charge on any atom is 0.410 e. The Labute approximate surface area is 117 Å². The molecule has 2 rings (SSSR count). The van der Waals surface area contributed by atoms with Crippen molar-refractivity contribution in [2.75, 3.05) is 11.9 Å². The molecule has 7 nitrogen and oxygen atoms in total. The zero-order valence-electron chi connectivity index (χ0n) is 12.2. The molecule has 110 valence electrons. The Morgan fingerprint density at radius 3 is 2.60 bits per heavy atom. The fourth-order valence-corrected chi connectivity index (χ4v) is 1.91. The van der Waals surface area contributed by atoms with Crippen molar-refractivity contribution in [2.45, 2.75) is 38.8 Å². The molecule has 0 saturated carbocycles. The van der Waals surface area contributed by atoms with Gasteiger partial charge in [0.1, 0.15) is 11.6 Å². The van der Waals surface area contributed by atoms with Crippen molar-refractivity contribution in [2.24, 2.45) is 7.05 Å². The third-order valence-corrected chi connectivity index (χ3v) is 2.92. The number of hydrogen-bond donors (Lipinski definition) is 1. The van der Waals surface area contributed by atoms with Crippen LogP contribution in [0.4, 0.5) is 10.5 Å². The molecule has 1 aliphatic rings. The summed E-state index contributed by atoms with van der Waals surface area (Å²) in [5.74, 6) is -0.213. The Balaban J connectivity index is 1.92. The Hall–Kier alpha value is -2.05. The molecule has 1 aromatic heterocycles. The van der Waals surface area contributed by atoms with Crippen molar-refractivity contribution in [3.63, 3.8) is 0 Å². The number of aromatic nitrogens is 2. The van der Waals surface area contributed by atoms with Crippen LogP contribution in [0.25, 0.3) is 0 Å². The summed E-state index contributed by atoms with van der Waals surface area (Å²) in [6, 6.07) is -0.468. The third-order valence-electron chi connectivity index (χ3n) is 2.92. The molecule has 1 fully saturated rings. The molecular formula is C13H20N4O3. The van der Waals surface area contributed by atoms with Crippen molar-refractivity contribution in [1.82, 2.24) is 14.7 Å².